The summed E-state index contributed by atoms with van der Waals surface area (Å²) in [5.74, 6) is -0.990. The Kier molecular flexibility index (Phi) is 8.02. The second-order valence-electron chi connectivity index (χ2n) is 4.90. The van der Waals surface area contributed by atoms with Gasteiger partial charge in [-0.25, -0.2) is 0 Å². The van der Waals surface area contributed by atoms with Crippen LogP contribution in [0.5, 0.6) is 0 Å². The van der Waals surface area contributed by atoms with E-state index in [9.17, 15) is 14.4 Å². The van der Waals surface area contributed by atoms with Crippen LogP contribution in [0, 0.1) is 0 Å². The number of ether oxygens (including phenoxy) is 1. The van der Waals surface area contributed by atoms with Crippen LogP contribution >= 0.6 is 0 Å². The zero-order chi connectivity index (χ0) is 15.5. The van der Waals surface area contributed by atoms with E-state index in [4.69, 9.17) is 4.74 Å². The normalized spacial score (nSPS) is 10.1. The van der Waals surface area contributed by atoms with Crippen LogP contribution in [0.15, 0.2) is 30.3 Å². The highest BCUT2D eigenvalue weighted by molar-refractivity contribution is 6.43. The first-order chi connectivity index (χ1) is 10.1. The first kappa shape index (κ1) is 17.1. The van der Waals surface area contributed by atoms with E-state index >= 15 is 0 Å². The lowest BCUT2D eigenvalue weighted by Crippen LogP contribution is -2.13. The molecule has 0 amide bonds. The summed E-state index contributed by atoms with van der Waals surface area (Å²) in [5.41, 5.74) is 0.436. The van der Waals surface area contributed by atoms with Crippen LogP contribution in [0.3, 0.4) is 0 Å². The number of rotatable bonds is 10. The summed E-state index contributed by atoms with van der Waals surface area (Å²) in [6.07, 6.45) is 3.49. The molecule has 1 rings (SSSR count). The van der Waals surface area contributed by atoms with Crippen molar-refractivity contribution >= 4 is 17.5 Å². The number of hydrogen-bond donors (Lipinski definition) is 0. The Morgan fingerprint density at radius 1 is 0.952 bits per heavy atom. The van der Waals surface area contributed by atoms with Crippen LogP contribution in [0.25, 0.3) is 0 Å². The highest BCUT2D eigenvalue weighted by atomic mass is 16.5. The average Bonchev–Trinajstić information content (AvgIpc) is 2.52. The summed E-state index contributed by atoms with van der Waals surface area (Å²) in [6, 6.07) is 8.57. The molecule has 0 bridgehead atoms. The zero-order valence-electron chi connectivity index (χ0n) is 12.5. The predicted octanol–water partition coefficient (Wildman–Crippen LogP) is 3.34. The van der Waals surface area contributed by atoms with Crippen LogP contribution < -0.4 is 0 Å². The Bertz CT molecular complexity index is 465. The maximum Gasteiger partial charge on any atom is 0.305 e. The molecule has 0 heterocycles. The van der Waals surface area contributed by atoms with Crippen molar-refractivity contribution in [3.05, 3.63) is 35.9 Å². The van der Waals surface area contributed by atoms with Gasteiger partial charge in [-0.2, -0.15) is 0 Å². The molecule has 0 aliphatic heterocycles. The lowest BCUT2D eigenvalue weighted by atomic mass is 10.0. The third-order valence-corrected chi connectivity index (χ3v) is 3.04. The minimum absolute atomic E-state index is 0.191. The summed E-state index contributed by atoms with van der Waals surface area (Å²) in [4.78, 5) is 34.8. The predicted molar refractivity (Wildman–Crippen MR) is 80.1 cm³/mol. The Balaban J connectivity index is 2.17. The van der Waals surface area contributed by atoms with E-state index < -0.39 is 5.78 Å². The molecule has 0 fully saturated rings. The molecule has 0 aliphatic rings. The summed E-state index contributed by atoms with van der Waals surface area (Å²) in [6.45, 7) is 2.41. The second-order valence-corrected chi connectivity index (χ2v) is 4.90. The number of Topliss-reactive ketones (excluding diaryl/α,β-unsaturated/α-hetero) is 2. The molecule has 0 saturated heterocycles. The van der Waals surface area contributed by atoms with Gasteiger partial charge in [-0.15, -0.1) is 0 Å². The van der Waals surface area contributed by atoms with Crippen molar-refractivity contribution in [2.24, 2.45) is 0 Å². The van der Waals surface area contributed by atoms with Gasteiger partial charge in [0.2, 0.25) is 11.6 Å². The lowest BCUT2D eigenvalue weighted by Gasteiger charge is -2.03. The molecule has 0 N–H and O–H groups in total. The molecule has 0 radical (unpaired) electrons. The van der Waals surface area contributed by atoms with Crippen LogP contribution in [0.2, 0.25) is 0 Å². The van der Waals surface area contributed by atoms with Gasteiger partial charge in [0.15, 0.2) is 0 Å². The molecule has 0 aliphatic carbocycles. The number of carbonyl (C=O) groups excluding carboxylic acids is 3. The van der Waals surface area contributed by atoms with Crippen molar-refractivity contribution in [1.29, 1.82) is 0 Å². The van der Waals surface area contributed by atoms with E-state index in [0.29, 0.717) is 31.4 Å². The fraction of sp³-hybridized carbons (Fsp3) is 0.471. The standard InChI is InChI=1S/C17H22O4/c1-2-13-21-16(19)12-8-4-7-11-15(18)17(20)14-9-5-3-6-10-14/h3,5-6,9-10H,2,4,7-8,11-13H2,1H3. The molecule has 4 nitrogen and oxygen atoms in total. The van der Waals surface area contributed by atoms with Crippen molar-refractivity contribution in [1.82, 2.24) is 0 Å². The molecule has 1 aromatic carbocycles. The van der Waals surface area contributed by atoms with Crippen LogP contribution in [0.1, 0.15) is 55.8 Å². The third kappa shape index (κ3) is 6.84. The Morgan fingerprint density at radius 2 is 1.62 bits per heavy atom. The molecule has 0 saturated carbocycles. The van der Waals surface area contributed by atoms with E-state index in [1.807, 2.05) is 6.92 Å². The van der Waals surface area contributed by atoms with Crippen molar-refractivity contribution in [2.45, 2.75) is 45.4 Å². The van der Waals surface area contributed by atoms with Crippen molar-refractivity contribution < 1.29 is 19.1 Å². The molecule has 21 heavy (non-hydrogen) atoms. The van der Waals surface area contributed by atoms with Gasteiger partial charge in [0.1, 0.15) is 0 Å². The summed E-state index contributed by atoms with van der Waals surface area (Å²) >= 11 is 0. The van der Waals surface area contributed by atoms with Gasteiger partial charge >= 0.3 is 5.97 Å². The van der Waals surface area contributed by atoms with Gasteiger partial charge in [-0.05, 0) is 19.3 Å². The van der Waals surface area contributed by atoms with Crippen LogP contribution in [0.4, 0.5) is 0 Å². The van der Waals surface area contributed by atoms with Gasteiger partial charge in [0.05, 0.1) is 6.61 Å². The lowest BCUT2D eigenvalue weighted by molar-refractivity contribution is -0.143. The Labute approximate surface area is 125 Å². The second kappa shape index (κ2) is 9.86. The van der Waals surface area contributed by atoms with Gasteiger partial charge in [0, 0.05) is 18.4 Å². The number of ketones is 2. The molecule has 4 heteroatoms. The minimum Gasteiger partial charge on any atom is -0.466 e. The summed E-state index contributed by atoms with van der Waals surface area (Å²) in [7, 11) is 0. The van der Waals surface area contributed by atoms with E-state index in [0.717, 1.165) is 12.8 Å². The van der Waals surface area contributed by atoms with Crippen LogP contribution in [-0.4, -0.2) is 24.1 Å². The zero-order valence-corrected chi connectivity index (χ0v) is 12.5. The maximum absolute atomic E-state index is 11.8. The average molecular weight is 290 g/mol. The Morgan fingerprint density at radius 3 is 2.29 bits per heavy atom. The first-order valence-corrected chi connectivity index (χ1v) is 7.43. The number of unbranched alkanes of at least 4 members (excludes halogenated alkanes) is 2. The topological polar surface area (TPSA) is 60.4 Å². The maximum atomic E-state index is 11.8. The third-order valence-electron chi connectivity index (χ3n) is 3.04. The van der Waals surface area contributed by atoms with Gasteiger partial charge in [-0.1, -0.05) is 43.7 Å². The molecule has 0 unspecified atom stereocenters. The van der Waals surface area contributed by atoms with Gasteiger partial charge < -0.3 is 4.74 Å². The summed E-state index contributed by atoms with van der Waals surface area (Å²) < 4.78 is 4.95. The molecule has 1 aromatic rings. The van der Waals surface area contributed by atoms with E-state index in [2.05, 4.69) is 0 Å². The number of carbonyl (C=O) groups is 3. The molecule has 0 aromatic heterocycles. The largest absolute Gasteiger partial charge is 0.466 e. The van der Waals surface area contributed by atoms with Crippen molar-refractivity contribution in [3.8, 4) is 0 Å². The first-order valence-electron chi connectivity index (χ1n) is 7.43. The fourth-order valence-electron chi connectivity index (χ4n) is 1.88. The van der Waals surface area contributed by atoms with Gasteiger partial charge in [0.25, 0.3) is 0 Å². The minimum atomic E-state index is -0.432. The monoisotopic (exact) mass is 290 g/mol. The fourth-order valence-corrected chi connectivity index (χ4v) is 1.88. The molecular formula is C17H22O4. The smallest absolute Gasteiger partial charge is 0.305 e. The van der Waals surface area contributed by atoms with Crippen LogP contribution in [-0.2, 0) is 14.3 Å². The van der Waals surface area contributed by atoms with Crippen molar-refractivity contribution in [2.75, 3.05) is 6.61 Å². The number of hydrogen-bond acceptors (Lipinski definition) is 4. The number of benzene rings is 1. The SMILES string of the molecule is CCCOC(=O)CCCCCC(=O)C(=O)c1ccccc1. The molecule has 0 atom stereocenters. The number of esters is 1. The van der Waals surface area contributed by atoms with E-state index in [-0.39, 0.29) is 18.2 Å². The van der Waals surface area contributed by atoms with E-state index in [1.165, 1.54) is 0 Å². The highest BCUT2D eigenvalue weighted by Gasteiger charge is 2.15. The van der Waals surface area contributed by atoms with Crippen molar-refractivity contribution in [3.63, 3.8) is 0 Å². The molecule has 0 spiro atoms. The molecular weight excluding hydrogens is 268 g/mol. The summed E-state index contributed by atoms with van der Waals surface area (Å²) in [5, 5.41) is 0. The molecule has 114 valence electrons. The van der Waals surface area contributed by atoms with E-state index in [1.54, 1.807) is 30.3 Å². The van der Waals surface area contributed by atoms with Gasteiger partial charge in [-0.3, -0.25) is 14.4 Å². The highest BCUT2D eigenvalue weighted by Crippen LogP contribution is 2.08. The quantitative estimate of drug-likeness (QED) is 0.287. The Hall–Kier alpha value is -1.97.